The molecule has 1 aromatic heterocycles. The van der Waals surface area contributed by atoms with Crippen LogP contribution in [0.25, 0.3) is 0 Å². The number of amidine groups is 1. The molecule has 4 heteroatoms. The van der Waals surface area contributed by atoms with Crippen molar-refractivity contribution in [1.82, 2.24) is 4.98 Å². The average Bonchev–Trinajstić information content (AvgIpc) is 2.40. The molecule has 0 aromatic carbocycles. The molecular weight excluding hydrogens is 146 g/mol. The average molecular weight is 155 g/mol. The first-order chi connectivity index (χ1) is 4.83. The lowest BCUT2D eigenvalue weighted by molar-refractivity contribution is 1.16. The Hall–Kier alpha value is -0.900. The van der Waals surface area contributed by atoms with Gasteiger partial charge < -0.3 is 5.73 Å². The van der Waals surface area contributed by atoms with E-state index in [1.807, 2.05) is 5.38 Å². The molecule has 0 aliphatic carbocycles. The summed E-state index contributed by atoms with van der Waals surface area (Å²) in [6.07, 6.45) is 0.667. The summed E-state index contributed by atoms with van der Waals surface area (Å²) < 4.78 is 0. The molecule has 10 heavy (non-hydrogen) atoms. The number of thiazole rings is 1. The van der Waals surface area contributed by atoms with E-state index in [1.165, 1.54) is 0 Å². The zero-order chi connectivity index (χ0) is 7.40. The van der Waals surface area contributed by atoms with Crippen LogP contribution in [0.2, 0.25) is 0 Å². The summed E-state index contributed by atoms with van der Waals surface area (Å²) in [5.41, 5.74) is 8.26. The summed E-state index contributed by atoms with van der Waals surface area (Å²) in [6.45, 7) is 0. The first-order valence-electron chi connectivity index (χ1n) is 2.91. The van der Waals surface area contributed by atoms with Gasteiger partial charge in [0, 0.05) is 18.8 Å². The Balaban J connectivity index is 2.56. The molecule has 1 rings (SSSR count). The third-order valence-corrected chi connectivity index (χ3v) is 1.77. The summed E-state index contributed by atoms with van der Waals surface area (Å²) in [7, 11) is 1.68. The third-order valence-electron chi connectivity index (χ3n) is 1.13. The number of hydrogen-bond acceptors (Lipinski definition) is 3. The van der Waals surface area contributed by atoms with Gasteiger partial charge in [0.2, 0.25) is 0 Å². The first kappa shape index (κ1) is 7.21. The second-order valence-electron chi connectivity index (χ2n) is 1.87. The monoisotopic (exact) mass is 155 g/mol. The highest BCUT2D eigenvalue weighted by molar-refractivity contribution is 7.07. The van der Waals surface area contributed by atoms with E-state index in [-0.39, 0.29) is 0 Å². The number of aliphatic imine (C=N–C) groups is 1. The van der Waals surface area contributed by atoms with E-state index >= 15 is 0 Å². The molecule has 0 saturated carbocycles. The zero-order valence-electron chi connectivity index (χ0n) is 5.74. The summed E-state index contributed by atoms with van der Waals surface area (Å²) in [5, 5.41) is 1.97. The molecule has 2 N–H and O–H groups in total. The number of nitrogens with two attached hydrogens (primary N) is 1. The third kappa shape index (κ3) is 1.80. The predicted molar refractivity (Wildman–Crippen MR) is 43.4 cm³/mol. The van der Waals surface area contributed by atoms with Crippen LogP contribution in [0.3, 0.4) is 0 Å². The van der Waals surface area contributed by atoms with Crippen molar-refractivity contribution >= 4 is 17.2 Å². The minimum absolute atomic E-state index is 0.630. The molecule has 0 bridgehead atoms. The van der Waals surface area contributed by atoms with Gasteiger partial charge in [0.15, 0.2) is 0 Å². The molecule has 1 heterocycles. The van der Waals surface area contributed by atoms with Crippen LogP contribution in [-0.4, -0.2) is 17.9 Å². The molecule has 54 valence electrons. The van der Waals surface area contributed by atoms with Crippen molar-refractivity contribution < 1.29 is 0 Å². The Kier molecular flexibility index (Phi) is 2.39. The molecule has 0 radical (unpaired) electrons. The van der Waals surface area contributed by atoms with Crippen LogP contribution in [0.1, 0.15) is 5.69 Å². The molecule has 0 aliphatic rings. The molecule has 0 amide bonds. The SMILES string of the molecule is CN=C(N)Cc1cscn1. The molecule has 0 atom stereocenters. The van der Waals surface area contributed by atoms with E-state index < -0.39 is 0 Å². The van der Waals surface area contributed by atoms with Crippen molar-refractivity contribution in [2.45, 2.75) is 6.42 Å². The molecular formula is C6H9N3S. The molecule has 0 unspecified atom stereocenters. The highest BCUT2D eigenvalue weighted by atomic mass is 32.1. The van der Waals surface area contributed by atoms with E-state index in [1.54, 1.807) is 23.9 Å². The van der Waals surface area contributed by atoms with E-state index in [0.717, 1.165) is 5.69 Å². The molecule has 0 fully saturated rings. The van der Waals surface area contributed by atoms with Gasteiger partial charge >= 0.3 is 0 Å². The predicted octanol–water partition coefficient (Wildman–Crippen LogP) is 0.673. The van der Waals surface area contributed by atoms with Crippen LogP contribution in [-0.2, 0) is 6.42 Å². The van der Waals surface area contributed by atoms with Crippen LogP contribution >= 0.6 is 11.3 Å². The van der Waals surface area contributed by atoms with Crippen LogP contribution in [0.5, 0.6) is 0 Å². The summed E-state index contributed by atoms with van der Waals surface area (Å²) in [6, 6.07) is 0. The topological polar surface area (TPSA) is 51.3 Å². The van der Waals surface area contributed by atoms with Gasteiger partial charge in [-0.3, -0.25) is 4.99 Å². The number of nitrogens with zero attached hydrogens (tertiary/aromatic N) is 2. The smallest absolute Gasteiger partial charge is 0.0994 e. The van der Waals surface area contributed by atoms with Crippen molar-refractivity contribution in [2.75, 3.05) is 7.05 Å². The minimum Gasteiger partial charge on any atom is -0.387 e. The molecule has 0 spiro atoms. The highest BCUT2D eigenvalue weighted by Crippen LogP contribution is 2.00. The lowest BCUT2D eigenvalue weighted by Gasteiger charge is -1.92. The van der Waals surface area contributed by atoms with Crippen LogP contribution < -0.4 is 5.73 Å². The largest absolute Gasteiger partial charge is 0.387 e. The zero-order valence-corrected chi connectivity index (χ0v) is 6.56. The van der Waals surface area contributed by atoms with Crippen molar-refractivity contribution in [3.8, 4) is 0 Å². The van der Waals surface area contributed by atoms with E-state index in [2.05, 4.69) is 9.98 Å². The van der Waals surface area contributed by atoms with Crippen molar-refractivity contribution in [2.24, 2.45) is 10.7 Å². The maximum atomic E-state index is 5.48. The Labute approximate surface area is 63.6 Å². The normalized spacial score (nSPS) is 11.9. The molecule has 0 aliphatic heterocycles. The number of aromatic nitrogens is 1. The van der Waals surface area contributed by atoms with Gasteiger partial charge in [-0.2, -0.15) is 0 Å². The van der Waals surface area contributed by atoms with Gasteiger partial charge in [-0.1, -0.05) is 0 Å². The minimum atomic E-state index is 0.630. The summed E-state index contributed by atoms with van der Waals surface area (Å²) in [4.78, 5) is 7.88. The van der Waals surface area contributed by atoms with Gasteiger partial charge in [-0.05, 0) is 0 Å². The Morgan fingerprint density at radius 3 is 3.20 bits per heavy atom. The van der Waals surface area contributed by atoms with Gasteiger partial charge in [-0.15, -0.1) is 11.3 Å². The van der Waals surface area contributed by atoms with Crippen molar-refractivity contribution in [3.63, 3.8) is 0 Å². The van der Waals surface area contributed by atoms with E-state index in [0.29, 0.717) is 12.3 Å². The van der Waals surface area contributed by atoms with Gasteiger partial charge in [0.25, 0.3) is 0 Å². The van der Waals surface area contributed by atoms with Crippen molar-refractivity contribution in [1.29, 1.82) is 0 Å². The number of hydrogen-bond donors (Lipinski definition) is 1. The second kappa shape index (κ2) is 3.31. The van der Waals surface area contributed by atoms with Crippen LogP contribution in [0.15, 0.2) is 15.9 Å². The summed E-state index contributed by atoms with van der Waals surface area (Å²) in [5.74, 6) is 0.630. The van der Waals surface area contributed by atoms with Gasteiger partial charge in [-0.25, -0.2) is 4.98 Å². The molecule has 0 saturated heterocycles. The Morgan fingerprint density at radius 2 is 2.70 bits per heavy atom. The fraction of sp³-hybridized carbons (Fsp3) is 0.333. The molecule has 3 nitrogen and oxygen atoms in total. The van der Waals surface area contributed by atoms with Crippen LogP contribution in [0, 0.1) is 0 Å². The van der Waals surface area contributed by atoms with Gasteiger partial charge in [0.05, 0.1) is 17.0 Å². The summed E-state index contributed by atoms with van der Waals surface area (Å²) >= 11 is 1.57. The highest BCUT2D eigenvalue weighted by Gasteiger charge is 1.95. The first-order valence-corrected chi connectivity index (χ1v) is 3.85. The van der Waals surface area contributed by atoms with Crippen LogP contribution in [0.4, 0.5) is 0 Å². The second-order valence-corrected chi connectivity index (χ2v) is 2.59. The van der Waals surface area contributed by atoms with Gasteiger partial charge in [0.1, 0.15) is 0 Å². The van der Waals surface area contributed by atoms with E-state index in [4.69, 9.17) is 5.73 Å². The molecule has 1 aromatic rings. The maximum Gasteiger partial charge on any atom is 0.0994 e. The lowest BCUT2D eigenvalue weighted by atomic mass is 10.3. The fourth-order valence-electron chi connectivity index (χ4n) is 0.589. The fourth-order valence-corrected chi connectivity index (χ4v) is 1.15. The Bertz CT molecular complexity index is 215. The van der Waals surface area contributed by atoms with Crippen molar-refractivity contribution in [3.05, 3.63) is 16.6 Å². The maximum absolute atomic E-state index is 5.48. The van der Waals surface area contributed by atoms with E-state index in [9.17, 15) is 0 Å². The Morgan fingerprint density at radius 1 is 1.90 bits per heavy atom. The quantitative estimate of drug-likeness (QED) is 0.504. The standard InChI is InChI=1S/C6H9N3S/c1-8-6(7)2-5-3-10-4-9-5/h3-4H,2H2,1H3,(H2,7,8). The number of rotatable bonds is 2. The lowest BCUT2D eigenvalue weighted by Crippen LogP contribution is -2.14.